The Morgan fingerprint density at radius 3 is 2.44 bits per heavy atom. The average Bonchev–Trinajstić information content (AvgIpc) is 2.58. The summed E-state index contributed by atoms with van der Waals surface area (Å²) in [5, 5.41) is 2.25. The van der Waals surface area contributed by atoms with Gasteiger partial charge in [-0.3, -0.25) is 9.59 Å². The van der Waals surface area contributed by atoms with Crippen molar-refractivity contribution in [2.45, 2.75) is 31.7 Å². The Hall–Kier alpha value is -2.50. The number of esters is 1. The van der Waals surface area contributed by atoms with Crippen LogP contribution in [0.1, 0.15) is 31.4 Å². The van der Waals surface area contributed by atoms with E-state index in [0.717, 1.165) is 6.08 Å². The molecule has 0 fully saturated rings. The standard InChI is InChI=1S/C19H23F2NO3/c1-4-9-14(3)17(23)25-13-16(15-10-7-6-8-11-15)22-18(24)19(20,21)12-5-2/h4-8,10-11,14,16H,1-2,9,12-13H2,3H3,(H,22,24)/t14?,16-/m0/s1. The Balaban J connectivity index is 2.84. The van der Waals surface area contributed by atoms with E-state index in [0.29, 0.717) is 12.0 Å². The third-order valence-electron chi connectivity index (χ3n) is 3.56. The summed E-state index contributed by atoms with van der Waals surface area (Å²) in [5.74, 6) is -5.88. The Morgan fingerprint density at radius 1 is 1.24 bits per heavy atom. The van der Waals surface area contributed by atoms with Crippen LogP contribution in [-0.2, 0) is 14.3 Å². The maximum absolute atomic E-state index is 13.7. The molecule has 0 spiro atoms. The second kappa shape index (κ2) is 9.71. The van der Waals surface area contributed by atoms with Crippen LogP contribution in [0.4, 0.5) is 8.78 Å². The largest absolute Gasteiger partial charge is 0.463 e. The van der Waals surface area contributed by atoms with Crippen LogP contribution in [0.5, 0.6) is 0 Å². The van der Waals surface area contributed by atoms with Crippen LogP contribution in [-0.4, -0.2) is 24.4 Å². The molecule has 1 unspecified atom stereocenters. The van der Waals surface area contributed by atoms with Crippen LogP contribution in [0.15, 0.2) is 55.6 Å². The summed E-state index contributed by atoms with van der Waals surface area (Å²) >= 11 is 0. The van der Waals surface area contributed by atoms with Gasteiger partial charge < -0.3 is 10.1 Å². The Kier molecular flexibility index (Phi) is 7.98. The van der Waals surface area contributed by atoms with Crippen LogP contribution in [0.25, 0.3) is 0 Å². The fourth-order valence-corrected chi connectivity index (χ4v) is 2.10. The summed E-state index contributed by atoms with van der Waals surface area (Å²) in [6.07, 6.45) is 2.25. The van der Waals surface area contributed by atoms with E-state index in [1.54, 1.807) is 43.3 Å². The normalized spacial score (nSPS) is 13.4. The van der Waals surface area contributed by atoms with Crippen molar-refractivity contribution in [3.05, 3.63) is 61.2 Å². The molecule has 2 atom stereocenters. The minimum atomic E-state index is -3.57. The molecule has 1 N–H and O–H groups in total. The number of carbonyl (C=O) groups excluding carboxylic acids is 2. The molecule has 0 heterocycles. The summed E-state index contributed by atoms with van der Waals surface area (Å²) in [7, 11) is 0. The van der Waals surface area contributed by atoms with Gasteiger partial charge in [-0.1, -0.05) is 49.4 Å². The lowest BCUT2D eigenvalue weighted by molar-refractivity contribution is -0.152. The number of alkyl halides is 2. The second-order valence-corrected chi connectivity index (χ2v) is 5.69. The number of halogens is 2. The van der Waals surface area contributed by atoms with Gasteiger partial charge in [0.05, 0.1) is 12.0 Å². The smallest absolute Gasteiger partial charge is 0.327 e. The molecule has 1 aromatic rings. The number of nitrogens with one attached hydrogen (secondary N) is 1. The van der Waals surface area contributed by atoms with Crippen LogP contribution in [0, 0.1) is 5.92 Å². The van der Waals surface area contributed by atoms with Crippen LogP contribution >= 0.6 is 0 Å². The van der Waals surface area contributed by atoms with Crippen molar-refractivity contribution >= 4 is 11.9 Å². The topological polar surface area (TPSA) is 55.4 Å². The Morgan fingerprint density at radius 2 is 1.88 bits per heavy atom. The van der Waals surface area contributed by atoms with Gasteiger partial charge in [-0.2, -0.15) is 8.78 Å². The number of hydrogen-bond donors (Lipinski definition) is 1. The lowest BCUT2D eigenvalue weighted by Gasteiger charge is -2.23. The van der Waals surface area contributed by atoms with E-state index in [9.17, 15) is 18.4 Å². The van der Waals surface area contributed by atoms with E-state index < -0.39 is 36.2 Å². The molecule has 1 aromatic carbocycles. The molecule has 0 saturated carbocycles. The highest BCUT2D eigenvalue weighted by molar-refractivity contribution is 5.84. The van der Waals surface area contributed by atoms with Crippen LogP contribution in [0.3, 0.4) is 0 Å². The number of allylic oxidation sites excluding steroid dienone is 2. The zero-order valence-electron chi connectivity index (χ0n) is 14.2. The Bertz CT molecular complexity index is 602. The highest BCUT2D eigenvalue weighted by Crippen LogP contribution is 2.22. The molecule has 0 saturated heterocycles. The molecule has 25 heavy (non-hydrogen) atoms. The van der Waals surface area contributed by atoms with E-state index >= 15 is 0 Å². The molecule has 0 aliphatic heterocycles. The first-order valence-corrected chi connectivity index (χ1v) is 7.94. The summed E-state index contributed by atoms with van der Waals surface area (Å²) in [4.78, 5) is 23.8. The third-order valence-corrected chi connectivity index (χ3v) is 3.56. The van der Waals surface area contributed by atoms with Gasteiger partial charge in [0.1, 0.15) is 6.61 Å². The van der Waals surface area contributed by atoms with E-state index in [2.05, 4.69) is 18.5 Å². The molecular formula is C19H23F2NO3. The lowest BCUT2D eigenvalue weighted by atomic mass is 10.1. The van der Waals surface area contributed by atoms with Crippen molar-refractivity contribution in [2.75, 3.05) is 6.61 Å². The Labute approximate surface area is 146 Å². The summed E-state index contributed by atoms with van der Waals surface area (Å²) < 4.78 is 32.6. The molecule has 0 aliphatic rings. The zero-order chi connectivity index (χ0) is 18.9. The SMILES string of the molecule is C=CCC(C)C(=O)OC[C@H](NC(=O)C(F)(F)CC=C)c1ccccc1. The van der Waals surface area contributed by atoms with Crippen molar-refractivity contribution in [1.82, 2.24) is 5.32 Å². The van der Waals surface area contributed by atoms with Gasteiger partial charge in [-0.15, -0.1) is 13.2 Å². The number of rotatable bonds is 10. The first kappa shape index (κ1) is 20.5. The molecule has 4 nitrogen and oxygen atoms in total. The highest BCUT2D eigenvalue weighted by atomic mass is 19.3. The minimum absolute atomic E-state index is 0.236. The van der Waals surface area contributed by atoms with Crippen molar-refractivity contribution in [3.63, 3.8) is 0 Å². The number of benzene rings is 1. The van der Waals surface area contributed by atoms with Crippen LogP contribution < -0.4 is 5.32 Å². The van der Waals surface area contributed by atoms with Crippen molar-refractivity contribution in [2.24, 2.45) is 5.92 Å². The van der Waals surface area contributed by atoms with Crippen molar-refractivity contribution < 1.29 is 23.1 Å². The highest BCUT2D eigenvalue weighted by Gasteiger charge is 2.38. The molecule has 136 valence electrons. The van der Waals surface area contributed by atoms with Gasteiger partial charge >= 0.3 is 11.9 Å². The molecular weight excluding hydrogens is 328 g/mol. The number of ether oxygens (including phenoxy) is 1. The number of carbonyl (C=O) groups is 2. The summed E-state index contributed by atoms with van der Waals surface area (Å²) in [6.45, 7) is 8.22. The van der Waals surface area contributed by atoms with Gasteiger partial charge in [-0.05, 0) is 12.0 Å². The molecule has 6 heteroatoms. The van der Waals surface area contributed by atoms with E-state index in [1.807, 2.05) is 0 Å². The third kappa shape index (κ3) is 6.49. The van der Waals surface area contributed by atoms with Crippen LogP contribution in [0.2, 0.25) is 0 Å². The van der Waals surface area contributed by atoms with E-state index in [-0.39, 0.29) is 6.61 Å². The number of hydrogen-bond acceptors (Lipinski definition) is 3. The average molecular weight is 351 g/mol. The summed E-state index contributed by atoms with van der Waals surface area (Å²) in [5.41, 5.74) is 0.564. The molecule has 0 radical (unpaired) electrons. The van der Waals surface area contributed by atoms with Crippen molar-refractivity contribution in [1.29, 1.82) is 0 Å². The maximum Gasteiger partial charge on any atom is 0.327 e. The summed E-state index contributed by atoms with van der Waals surface area (Å²) in [6, 6.07) is 7.63. The minimum Gasteiger partial charge on any atom is -0.463 e. The van der Waals surface area contributed by atoms with E-state index in [1.165, 1.54) is 0 Å². The monoisotopic (exact) mass is 351 g/mol. The zero-order valence-corrected chi connectivity index (χ0v) is 14.2. The predicted molar refractivity (Wildman–Crippen MR) is 92.0 cm³/mol. The quantitative estimate of drug-likeness (QED) is 0.515. The maximum atomic E-state index is 13.7. The first-order valence-electron chi connectivity index (χ1n) is 7.94. The first-order chi connectivity index (χ1) is 11.8. The molecule has 0 bridgehead atoms. The van der Waals surface area contributed by atoms with Gasteiger partial charge in [0, 0.05) is 6.42 Å². The fraction of sp³-hybridized carbons (Fsp3) is 0.368. The second-order valence-electron chi connectivity index (χ2n) is 5.69. The molecule has 0 aromatic heterocycles. The predicted octanol–water partition coefficient (Wildman–Crippen LogP) is 3.81. The van der Waals surface area contributed by atoms with Gasteiger partial charge in [-0.25, -0.2) is 0 Å². The lowest BCUT2D eigenvalue weighted by Crippen LogP contribution is -2.43. The molecule has 1 amide bonds. The van der Waals surface area contributed by atoms with Gasteiger partial charge in [0.15, 0.2) is 0 Å². The molecule has 1 rings (SSSR count). The van der Waals surface area contributed by atoms with E-state index in [4.69, 9.17) is 4.74 Å². The number of amides is 1. The molecule has 0 aliphatic carbocycles. The van der Waals surface area contributed by atoms with Gasteiger partial charge in [0.25, 0.3) is 5.91 Å². The van der Waals surface area contributed by atoms with Gasteiger partial charge in [0.2, 0.25) is 0 Å². The van der Waals surface area contributed by atoms with Crippen molar-refractivity contribution in [3.8, 4) is 0 Å². The fourth-order valence-electron chi connectivity index (χ4n) is 2.10.